The van der Waals surface area contributed by atoms with Crippen LogP contribution in [0, 0.1) is 26.7 Å². The monoisotopic (exact) mass is 352 g/mol. The van der Waals surface area contributed by atoms with Crippen molar-refractivity contribution < 1.29 is 0 Å². The van der Waals surface area contributed by atoms with Crippen LogP contribution in [-0.4, -0.2) is 47.4 Å². The van der Waals surface area contributed by atoms with Crippen LogP contribution in [0.25, 0.3) is 5.82 Å². The fourth-order valence-electron chi connectivity index (χ4n) is 3.64. The van der Waals surface area contributed by atoms with Crippen LogP contribution in [-0.2, 0) is 6.54 Å². The van der Waals surface area contributed by atoms with Crippen LogP contribution in [0.5, 0.6) is 0 Å². The number of rotatable bonds is 4. The number of aromatic nitrogens is 7. The number of anilines is 1. The maximum Gasteiger partial charge on any atom is 0.159 e. The summed E-state index contributed by atoms with van der Waals surface area (Å²) in [6, 6.07) is 0. The Hall–Kier alpha value is -2.77. The first kappa shape index (κ1) is 16.7. The molecular weight excluding hydrogens is 328 g/mol. The normalized spacial score (nSPS) is 17.7. The summed E-state index contributed by atoms with van der Waals surface area (Å²) in [5, 5.41) is 4.51. The lowest BCUT2D eigenvalue weighted by molar-refractivity contribution is 0.346. The van der Waals surface area contributed by atoms with Gasteiger partial charge in [0.1, 0.15) is 23.3 Å². The van der Waals surface area contributed by atoms with Crippen LogP contribution in [0.1, 0.15) is 30.3 Å². The number of nitrogens with zero attached hydrogens (tertiary/aromatic N) is 8. The van der Waals surface area contributed by atoms with Gasteiger partial charge >= 0.3 is 0 Å². The van der Waals surface area contributed by atoms with Crippen LogP contribution >= 0.6 is 0 Å². The quantitative estimate of drug-likeness (QED) is 0.715. The molecule has 0 radical (unpaired) electrons. The molecule has 0 aliphatic carbocycles. The zero-order valence-corrected chi connectivity index (χ0v) is 15.5. The van der Waals surface area contributed by atoms with E-state index in [4.69, 9.17) is 4.98 Å². The van der Waals surface area contributed by atoms with E-state index >= 15 is 0 Å². The van der Waals surface area contributed by atoms with Crippen LogP contribution < -0.4 is 4.90 Å². The molecule has 1 aliphatic heterocycles. The van der Waals surface area contributed by atoms with Gasteiger partial charge in [0.25, 0.3) is 0 Å². The smallest absolute Gasteiger partial charge is 0.159 e. The summed E-state index contributed by atoms with van der Waals surface area (Å²) in [4.78, 5) is 20.2. The van der Waals surface area contributed by atoms with Crippen molar-refractivity contribution in [1.29, 1.82) is 0 Å². The third-order valence-electron chi connectivity index (χ3n) is 4.92. The Morgan fingerprint density at radius 1 is 1.08 bits per heavy atom. The molecular formula is C18H24N8. The first-order chi connectivity index (χ1) is 12.6. The number of aryl methyl sites for hydroxylation is 3. The second-order valence-electron chi connectivity index (χ2n) is 6.92. The topological polar surface area (TPSA) is 77.5 Å². The van der Waals surface area contributed by atoms with Gasteiger partial charge in [-0.1, -0.05) is 0 Å². The Morgan fingerprint density at radius 3 is 2.65 bits per heavy atom. The van der Waals surface area contributed by atoms with Crippen molar-refractivity contribution in [2.75, 3.05) is 18.0 Å². The molecule has 3 aromatic heterocycles. The molecule has 0 aromatic carbocycles. The largest absolute Gasteiger partial charge is 0.355 e. The summed E-state index contributed by atoms with van der Waals surface area (Å²) in [6.45, 7) is 8.79. The fourth-order valence-corrected chi connectivity index (χ4v) is 3.64. The van der Waals surface area contributed by atoms with Gasteiger partial charge < -0.3 is 4.90 Å². The lowest BCUT2D eigenvalue weighted by Crippen LogP contribution is -2.38. The van der Waals surface area contributed by atoms with Crippen molar-refractivity contribution in [3.63, 3.8) is 0 Å². The minimum Gasteiger partial charge on any atom is -0.355 e. The molecule has 4 heterocycles. The molecule has 136 valence electrons. The number of piperidine rings is 1. The van der Waals surface area contributed by atoms with E-state index in [9.17, 15) is 0 Å². The predicted octanol–water partition coefficient (Wildman–Crippen LogP) is 2.10. The Bertz CT molecular complexity index is 896. The highest BCUT2D eigenvalue weighted by Gasteiger charge is 2.23. The molecule has 0 amide bonds. The SMILES string of the molecule is Cc1nc(C)n(C[C@H]2CCCN(c3cncc(-n4ccnc4C)n3)C2)n1. The predicted molar refractivity (Wildman–Crippen MR) is 98.3 cm³/mol. The standard InChI is InChI=1S/C18H24N8/c1-13-21-15(3)26(23-13)12-16-5-4-7-24(11-16)17-9-19-10-18(22-17)25-8-6-20-14(25)2/h6,8-10,16H,4-5,7,11-12H2,1-3H3/t16-/m0/s1. The first-order valence-corrected chi connectivity index (χ1v) is 9.05. The second-order valence-corrected chi connectivity index (χ2v) is 6.92. The van der Waals surface area contributed by atoms with E-state index in [2.05, 4.69) is 25.0 Å². The zero-order valence-electron chi connectivity index (χ0n) is 15.5. The van der Waals surface area contributed by atoms with E-state index < -0.39 is 0 Å². The molecule has 0 unspecified atom stereocenters. The lowest BCUT2D eigenvalue weighted by atomic mass is 9.98. The molecule has 0 N–H and O–H groups in total. The maximum absolute atomic E-state index is 4.81. The highest BCUT2D eigenvalue weighted by atomic mass is 15.3. The van der Waals surface area contributed by atoms with Gasteiger partial charge in [-0.05, 0) is 39.5 Å². The Labute approximate surface area is 152 Å². The van der Waals surface area contributed by atoms with Crippen molar-refractivity contribution in [3.05, 3.63) is 42.3 Å². The number of hydrogen-bond acceptors (Lipinski definition) is 6. The molecule has 8 nitrogen and oxygen atoms in total. The van der Waals surface area contributed by atoms with Crippen LogP contribution in [0.15, 0.2) is 24.8 Å². The summed E-state index contributed by atoms with van der Waals surface area (Å²) in [5.74, 6) is 4.99. The molecule has 0 bridgehead atoms. The Balaban J connectivity index is 1.51. The average molecular weight is 352 g/mol. The summed E-state index contributed by atoms with van der Waals surface area (Å²) < 4.78 is 3.99. The van der Waals surface area contributed by atoms with Gasteiger partial charge in [-0.15, -0.1) is 0 Å². The summed E-state index contributed by atoms with van der Waals surface area (Å²) in [6.07, 6.45) is 9.67. The molecule has 1 fully saturated rings. The fraction of sp³-hybridized carbons (Fsp3) is 0.500. The van der Waals surface area contributed by atoms with Gasteiger partial charge in [0.05, 0.1) is 12.4 Å². The third-order valence-corrected chi connectivity index (χ3v) is 4.92. The zero-order chi connectivity index (χ0) is 18.1. The molecule has 0 saturated carbocycles. The van der Waals surface area contributed by atoms with E-state index in [0.29, 0.717) is 5.92 Å². The van der Waals surface area contributed by atoms with Gasteiger partial charge in [0.15, 0.2) is 5.82 Å². The van der Waals surface area contributed by atoms with Gasteiger partial charge in [-0.2, -0.15) is 5.10 Å². The maximum atomic E-state index is 4.81. The molecule has 26 heavy (non-hydrogen) atoms. The Morgan fingerprint density at radius 2 is 1.92 bits per heavy atom. The first-order valence-electron chi connectivity index (χ1n) is 9.05. The van der Waals surface area contributed by atoms with Crippen LogP contribution in [0.4, 0.5) is 5.82 Å². The van der Waals surface area contributed by atoms with Crippen molar-refractivity contribution in [2.24, 2.45) is 5.92 Å². The van der Waals surface area contributed by atoms with Crippen LogP contribution in [0.3, 0.4) is 0 Å². The molecule has 3 aromatic rings. The highest BCUT2D eigenvalue weighted by Crippen LogP contribution is 2.23. The van der Waals surface area contributed by atoms with E-state index in [1.165, 1.54) is 6.42 Å². The lowest BCUT2D eigenvalue weighted by Gasteiger charge is -2.33. The van der Waals surface area contributed by atoms with Crippen molar-refractivity contribution >= 4 is 5.82 Å². The molecule has 1 atom stereocenters. The van der Waals surface area contributed by atoms with E-state index in [-0.39, 0.29) is 0 Å². The average Bonchev–Trinajstić information content (AvgIpc) is 3.20. The second kappa shape index (κ2) is 6.86. The Kier molecular flexibility index (Phi) is 4.40. The molecule has 1 saturated heterocycles. The summed E-state index contributed by atoms with van der Waals surface area (Å²) in [5.41, 5.74) is 0. The molecule has 0 spiro atoms. The molecule has 1 aliphatic rings. The summed E-state index contributed by atoms with van der Waals surface area (Å²) in [7, 11) is 0. The van der Waals surface area contributed by atoms with Crippen LogP contribution in [0.2, 0.25) is 0 Å². The van der Waals surface area contributed by atoms with E-state index in [1.54, 1.807) is 12.4 Å². The van der Waals surface area contributed by atoms with Gasteiger partial charge in [-0.25, -0.2) is 19.6 Å². The number of imidazole rings is 1. The summed E-state index contributed by atoms with van der Waals surface area (Å²) >= 11 is 0. The minimum absolute atomic E-state index is 0.531. The van der Waals surface area contributed by atoms with Crippen molar-refractivity contribution in [3.8, 4) is 5.82 Å². The van der Waals surface area contributed by atoms with E-state index in [0.717, 1.165) is 55.2 Å². The third kappa shape index (κ3) is 3.31. The number of hydrogen-bond donors (Lipinski definition) is 0. The molecule has 8 heteroatoms. The van der Waals surface area contributed by atoms with Gasteiger partial charge in [-0.3, -0.25) is 9.55 Å². The van der Waals surface area contributed by atoms with Gasteiger partial charge in [0, 0.05) is 32.0 Å². The highest BCUT2D eigenvalue weighted by molar-refractivity contribution is 5.40. The minimum atomic E-state index is 0.531. The van der Waals surface area contributed by atoms with E-state index in [1.807, 2.05) is 42.4 Å². The van der Waals surface area contributed by atoms with Gasteiger partial charge in [0.2, 0.25) is 0 Å². The van der Waals surface area contributed by atoms with Crippen molar-refractivity contribution in [1.82, 2.24) is 34.3 Å². The van der Waals surface area contributed by atoms with Crippen molar-refractivity contribution in [2.45, 2.75) is 40.2 Å². The molecule has 4 rings (SSSR count).